The van der Waals surface area contributed by atoms with Crippen molar-refractivity contribution in [2.24, 2.45) is 0 Å². The predicted molar refractivity (Wildman–Crippen MR) is 83.4 cm³/mol. The third-order valence-corrected chi connectivity index (χ3v) is 3.20. The van der Waals surface area contributed by atoms with E-state index in [0.717, 1.165) is 10.2 Å². The first-order valence-corrected chi connectivity index (χ1v) is 7.10. The standard InChI is InChI=1S/C15H14N6O3/c22-13(9-21-12(14(23)24)6-7-17-21)18-15-16-10-20(19-15)8-11-4-2-1-3-5-11/h1-7,10H,8-9H2,(H,23,24)(H,18,19,22). The van der Waals surface area contributed by atoms with Gasteiger partial charge in [-0.25, -0.2) is 19.1 Å². The number of aromatic nitrogens is 5. The number of carboxylic acids is 1. The third kappa shape index (κ3) is 3.64. The molecule has 0 aliphatic heterocycles. The molecule has 0 atom stereocenters. The fraction of sp³-hybridized carbons (Fsp3) is 0.133. The van der Waals surface area contributed by atoms with Crippen LogP contribution in [-0.2, 0) is 17.9 Å². The van der Waals surface area contributed by atoms with E-state index in [1.807, 2.05) is 30.3 Å². The third-order valence-electron chi connectivity index (χ3n) is 3.20. The minimum absolute atomic E-state index is 0.0623. The normalized spacial score (nSPS) is 10.5. The van der Waals surface area contributed by atoms with Crippen LogP contribution < -0.4 is 5.32 Å². The zero-order chi connectivity index (χ0) is 16.9. The monoisotopic (exact) mass is 326 g/mol. The lowest BCUT2D eigenvalue weighted by Crippen LogP contribution is -2.22. The second-order valence-electron chi connectivity index (χ2n) is 4.98. The van der Waals surface area contributed by atoms with Crippen molar-refractivity contribution in [3.8, 4) is 0 Å². The van der Waals surface area contributed by atoms with Crippen LogP contribution in [0.2, 0.25) is 0 Å². The van der Waals surface area contributed by atoms with Gasteiger partial charge >= 0.3 is 5.97 Å². The van der Waals surface area contributed by atoms with Crippen molar-refractivity contribution in [2.75, 3.05) is 5.32 Å². The number of amides is 1. The molecule has 0 unspecified atom stereocenters. The molecule has 2 N–H and O–H groups in total. The molecule has 24 heavy (non-hydrogen) atoms. The molecule has 0 aliphatic rings. The second kappa shape index (κ2) is 6.73. The topological polar surface area (TPSA) is 115 Å². The Hall–Kier alpha value is -3.49. The summed E-state index contributed by atoms with van der Waals surface area (Å²) in [6.45, 7) is 0.299. The Morgan fingerprint density at radius 1 is 1.17 bits per heavy atom. The fourth-order valence-electron chi connectivity index (χ4n) is 2.14. The van der Waals surface area contributed by atoms with Crippen LogP contribution >= 0.6 is 0 Å². The highest BCUT2D eigenvalue weighted by molar-refractivity contribution is 5.90. The first-order chi connectivity index (χ1) is 11.6. The number of carbonyl (C=O) groups excluding carboxylic acids is 1. The Balaban J connectivity index is 1.61. The fourth-order valence-corrected chi connectivity index (χ4v) is 2.14. The Kier molecular flexibility index (Phi) is 4.32. The van der Waals surface area contributed by atoms with Gasteiger partial charge in [-0.1, -0.05) is 30.3 Å². The quantitative estimate of drug-likeness (QED) is 0.694. The second-order valence-corrected chi connectivity index (χ2v) is 4.98. The number of hydrogen-bond donors (Lipinski definition) is 2. The van der Waals surface area contributed by atoms with E-state index in [1.165, 1.54) is 18.6 Å². The van der Waals surface area contributed by atoms with Gasteiger partial charge in [-0.15, -0.1) is 5.10 Å². The van der Waals surface area contributed by atoms with E-state index in [9.17, 15) is 9.59 Å². The molecule has 0 saturated carbocycles. The summed E-state index contributed by atoms with van der Waals surface area (Å²) >= 11 is 0. The van der Waals surface area contributed by atoms with E-state index < -0.39 is 11.9 Å². The maximum Gasteiger partial charge on any atom is 0.354 e. The van der Waals surface area contributed by atoms with Gasteiger partial charge in [-0.2, -0.15) is 5.10 Å². The SMILES string of the molecule is O=C(Cn1nccc1C(=O)O)Nc1ncn(Cc2ccccc2)n1. The van der Waals surface area contributed by atoms with Crippen LogP contribution in [0.25, 0.3) is 0 Å². The van der Waals surface area contributed by atoms with Crippen LogP contribution in [0.15, 0.2) is 48.9 Å². The molecule has 0 saturated heterocycles. The lowest BCUT2D eigenvalue weighted by molar-refractivity contribution is -0.117. The van der Waals surface area contributed by atoms with Crippen LogP contribution in [0.1, 0.15) is 16.1 Å². The van der Waals surface area contributed by atoms with Gasteiger partial charge in [0.25, 0.3) is 0 Å². The smallest absolute Gasteiger partial charge is 0.354 e. The number of benzene rings is 1. The van der Waals surface area contributed by atoms with Crippen molar-refractivity contribution >= 4 is 17.8 Å². The van der Waals surface area contributed by atoms with Crippen molar-refractivity contribution in [1.29, 1.82) is 0 Å². The summed E-state index contributed by atoms with van der Waals surface area (Å²) < 4.78 is 2.69. The summed E-state index contributed by atoms with van der Waals surface area (Å²) in [6, 6.07) is 11.0. The number of carboxylic acid groups (broad SMARTS) is 1. The molecule has 0 spiro atoms. The summed E-state index contributed by atoms with van der Waals surface area (Å²) in [5.41, 5.74) is 0.996. The average molecular weight is 326 g/mol. The van der Waals surface area contributed by atoms with Gasteiger partial charge in [0.1, 0.15) is 18.6 Å². The Morgan fingerprint density at radius 3 is 2.71 bits per heavy atom. The molecule has 3 aromatic rings. The van der Waals surface area contributed by atoms with Gasteiger partial charge in [-0.3, -0.25) is 10.1 Å². The molecule has 9 nitrogen and oxygen atoms in total. The van der Waals surface area contributed by atoms with E-state index in [4.69, 9.17) is 5.11 Å². The molecular formula is C15H14N6O3. The molecular weight excluding hydrogens is 312 g/mol. The molecule has 1 aromatic carbocycles. The van der Waals surface area contributed by atoms with Crippen molar-refractivity contribution in [3.63, 3.8) is 0 Å². The van der Waals surface area contributed by atoms with Gasteiger partial charge in [0, 0.05) is 6.20 Å². The number of carbonyl (C=O) groups is 2. The van der Waals surface area contributed by atoms with E-state index in [-0.39, 0.29) is 18.2 Å². The highest BCUT2D eigenvalue weighted by Gasteiger charge is 2.14. The zero-order valence-corrected chi connectivity index (χ0v) is 12.5. The molecule has 0 fully saturated rings. The number of rotatable bonds is 6. The van der Waals surface area contributed by atoms with Crippen molar-refractivity contribution in [1.82, 2.24) is 24.5 Å². The maximum absolute atomic E-state index is 12.0. The molecule has 1 amide bonds. The lowest BCUT2D eigenvalue weighted by atomic mass is 10.2. The van der Waals surface area contributed by atoms with Gasteiger partial charge in [-0.05, 0) is 11.6 Å². The predicted octanol–water partition coefficient (Wildman–Crippen LogP) is 0.860. The number of anilines is 1. The van der Waals surface area contributed by atoms with Crippen molar-refractivity contribution < 1.29 is 14.7 Å². The van der Waals surface area contributed by atoms with Crippen LogP contribution in [0.3, 0.4) is 0 Å². The van der Waals surface area contributed by atoms with E-state index in [1.54, 1.807) is 4.68 Å². The highest BCUT2D eigenvalue weighted by Crippen LogP contribution is 2.04. The first kappa shape index (κ1) is 15.4. The summed E-state index contributed by atoms with van der Waals surface area (Å²) in [6.07, 6.45) is 2.84. The van der Waals surface area contributed by atoms with Crippen LogP contribution in [0.4, 0.5) is 5.95 Å². The van der Waals surface area contributed by atoms with Crippen LogP contribution in [0, 0.1) is 0 Å². The van der Waals surface area contributed by atoms with Crippen LogP contribution in [0.5, 0.6) is 0 Å². The molecule has 9 heteroatoms. The highest BCUT2D eigenvalue weighted by atomic mass is 16.4. The van der Waals surface area contributed by atoms with Gasteiger partial charge in [0.05, 0.1) is 6.54 Å². The zero-order valence-electron chi connectivity index (χ0n) is 12.5. The van der Waals surface area contributed by atoms with Crippen LogP contribution in [-0.4, -0.2) is 41.5 Å². The molecule has 122 valence electrons. The minimum Gasteiger partial charge on any atom is -0.477 e. The average Bonchev–Trinajstić information content (AvgIpc) is 3.18. The summed E-state index contributed by atoms with van der Waals surface area (Å²) in [7, 11) is 0. The molecule has 3 rings (SSSR count). The Labute approximate surface area is 136 Å². The largest absolute Gasteiger partial charge is 0.477 e. The first-order valence-electron chi connectivity index (χ1n) is 7.10. The Morgan fingerprint density at radius 2 is 1.96 bits per heavy atom. The number of hydrogen-bond acceptors (Lipinski definition) is 5. The van der Waals surface area contributed by atoms with Gasteiger partial charge in [0.15, 0.2) is 0 Å². The number of aromatic carboxylic acids is 1. The van der Waals surface area contributed by atoms with Crippen molar-refractivity contribution in [2.45, 2.75) is 13.1 Å². The number of nitrogens with one attached hydrogen (secondary N) is 1. The van der Waals surface area contributed by atoms with Gasteiger partial charge < -0.3 is 5.11 Å². The van der Waals surface area contributed by atoms with E-state index >= 15 is 0 Å². The summed E-state index contributed by atoms with van der Waals surface area (Å²) in [5, 5.41) is 19.5. The van der Waals surface area contributed by atoms with E-state index in [0.29, 0.717) is 6.54 Å². The summed E-state index contributed by atoms with van der Waals surface area (Å²) in [4.78, 5) is 27.0. The van der Waals surface area contributed by atoms with E-state index in [2.05, 4.69) is 20.5 Å². The molecule has 2 aromatic heterocycles. The molecule has 0 radical (unpaired) electrons. The van der Waals surface area contributed by atoms with Gasteiger partial charge in [0.2, 0.25) is 11.9 Å². The number of nitrogens with zero attached hydrogens (tertiary/aromatic N) is 5. The molecule has 0 bridgehead atoms. The minimum atomic E-state index is -1.15. The molecule has 0 aliphatic carbocycles. The lowest BCUT2D eigenvalue weighted by Gasteiger charge is -2.04. The van der Waals surface area contributed by atoms with Crippen molar-refractivity contribution in [3.05, 3.63) is 60.2 Å². The Bertz CT molecular complexity index is 855. The maximum atomic E-state index is 12.0. The summed E-state index contributed by atoms with van der Waals surface area (Å²) in [5.74, 6) is -1.45. The molecule has 2 heterocycles.